The van der Waals surface area contributed by atoms with E-state index < -0.39 is 11.8 Å². The summed E-state index contributed by atoms with van der Waals surface area (Å²) in [5.74, 6) is -0.146. The van der Waals surface area contributed by atoms with Crippen molar-refractivity contribution in [2.24, 2.45) is 0 Å². The number of nitrogens with zero attached hydrogens (tertiary/aromatic N) is 1. The van der Waals surface area contributed by atoms with Crippen LogP contribution in [-0.2, 0) is 9.59 Å². The van der Waals surface area contributed by atoms with Gasteiger partial charge in [-0.25, -0.2) is 4.98 Å². The van der Waals surface area contributed by atoms with Gasteiger partial charge >= 0.3 is 0 Å². The lowest BCUT2D eigenvalue weighted by Gasteiger charge is -2.12. The fraction of sp³-hybridized carbons (Fsp3) is 0.0909. The van der Waals surface area contributed by atoms with Crippen LogP contribution in [0.4, 0.5) is 10.8 Å². The topological polar surface area (TPSA) is 109 Å². The molecule has 0 bridgehead atoms. The number of amides is 3. The number of aryl methyl sites for hydroxylation is 1. The smallest absolute Gasteiger partial charge is 0.272 e. The van der Waals surface area contributed by atoms with E-state index in [9.17, 15) is 14.4 Å². The van der Waals surface area contributed by atoms with Crippen LogP contribution in [0.3, 0.4) is 0 Å². The predicted molar refractivity (Wildman–Crippen MR) is 174 cm³/mol. The third-order valence-electron chi connectivity index (χ3n) is 6.23. The van der Waals surface area contributed by atoms with Crippen LogP contribution in [0.15, 0.2) is 108 Å². The molecule has 0 saturated carbocycles. The summed E-state index contributed by atoms with van der Waals surface area (Å²) in [6.07, 6.45) is 1.60. The Kier molecular flexibility index (Phi) is 9.50. The Balaban J connectivity index is 1.21. The van der Waals surface area contributed by atoms with Crippen LogP contribution in [0.5, 0.6) is 5.75 Å². The van der Waals surface area contributed by atoms with Crippen molar-refractivity contribution in [3.05, 3.63) is 119 Å². The zero-order chi connectivity index (χ0) is 30.2. The summed E-state index contributed by atoms with van der Waals surface area (Å²) in [6.45, 7) is 2.02. The summed E-state index contributed by atoms with van der Waals surface area (Å²) < 4.78 is 6.24. The zero-order valence-electron chi connectivity index (χ0n) is 23.4. The van der Waals surface area contributed by atoms with E-state index in [0.29, 0.717) is 27.7 Å². The summed E-state index contributed by atoms with van der Waals surface area (Å²) >= 11 is 2.82. The van der Waals surface area contributed by atoms with Crippen molar-refractivity contribution in [3.8, 4) is 5.75 Å². The molecule has 4 aromatic carbocycles. The van der Waals surface area contributed by atoms with Gasteiger partial charge in [0, 0.05) is 16.1 Å². The minimum absolute atomic E-state index is 0.0825. The van der Waals surface area contributed by atoms with E-state index in [1.807, 2.05) is 43.3 Å². The fourth-order valence-corrected chi connectivity index (χ4v) is 5.71. The average molecular weight is 609 g/mol. The van der Waals surface area contributed by atoms with Gasteiger partial charge < -0.3 is 20.7 Å². The van der Waals surface area contributed by atoms with Crippen molar-refractivity contribution in [2.45, 2.75) is 11.8 Å². The predicted octanol–water partition coefficient (Wildman–Crippen LogP) is 6.75. The molecule has 5 aromatic rings. The van der Waals surface area contributed by atoms with Crippen LogP contribution in [0.25, 0.3) is 16.3 Å². The molecule has 3 N–H and O–H groups in total. The molecule has 0 saturated heterocycles. The zero-order valence-corrected chi connectivity index (χ0v) is 25.1. The number of fused-ring (bicyclic) bond motifs is 1. The van der Waals surface area contributed by atoms with Gasteiger partial charge in [0.15, 0.2) is 5.13 Å². The Hall–Kier alpha value is -4.93. The molecule has 0 spiro atoms. The van der Waals surface area contributed by atoms with Crippen LogP contribution in [-0.4, -0.2) is 35.6 Å². The number of carbonyl (C=O) groups is 3. The number of thioether (sulfide) groups is 1. The van der Waals surface area contributed by atoms with Crippen molar-refractivity contribution in [1.82, 2.24) is 10.3 Å². The van der Waals surface area contributed by atoms with E-state index >= 15 is 0 Å². The van der Waals surface area contributed by atoms with E-state index in [-0.39, 0.29) is 17.4 Å². The fourth-order valence-electron chi connectivity index (χ4n) is 4.03. The number of thiazole rings is 1. The molecule has 0 atom stereocenters. The molecule has 0 aliphatic carbocycles. The maximum absolute atomic E-state index is 13.3. The number of rotatable bonds is 10. The summed E-state index contributed by atoms with van der Waals surface area (Å²) in [7, 11) is 1.58. The van der Waals surface area contributed by atoms with E-state index in [1.165, 1.54) is 23.1 Å². The molecular formula is C33H28N4O4S2. The first-order chi connectivity index (χ1) is 20.9. The standard InChI is InChI=1S/C33H28N4O4S2/c1-21-8-17-27-29(18-21)43-33(36-27)37-30(38)20-42-26-15-11-24(12-16-26)34-32(40)28(19-22-9-13-25(41-2)14-10-22)35-31(39)23-6-4-3-5-7-23/h3-19H,20H2,1-2H3,(H,34,40)(H,35,39)(H,36,37,38)/b28-19-. The second-order valence-corrected chi connectivity index (χ2v) is 11.5. The SMILES string of the molecule is COc1ccc(/C=C(\NC(=O)c2ccccc2)C(=O)Nc2ccc(SCC(=O)Nc3nc4ccc(C)cc4s3)cc2)cc1. The lowest BCUT2D eigenvalue weighted by Crippen LogP contribution is -2.30. The molecule has 43 heavy (non-hydrogen) atoms. The molecule has 1 aromatic heterocycles. The molecule has 5 rings (SSSR count). The van der Waals surface area contributed by atoms with Crippen LogP contribution in [0.2, 0.25) is 0 Å². The van der Waals surface area contributed by atoms with Crippen molar-refractivity contribution in [3.63, 3.8) is 0 Å². The Morgan fingerprint density at radius 1 is 0.907 bits per heavy atom. The van der Waals surface area contributed by atoms with Gasteiger partial charge in [0.2, 0.25) is 5.91 Å². The van der Waals surface area contributed by atoms with Crippen LogP contribution >= 0.6 is 23.1 Å². The molecule has 8 nitrogen and oxygen atoms in total. The highest BCUT2D eigenvalue weighted by molar-refractivity contribution is 8.00. The Morgan fingerprint density at radius 3 is 2.37 bits per heavy atom. The molecule has 0 unspecified atom stereocenters. The van der Waals surface area contributed by atoms with E-state index in [0.717, 1.165) is 20.7 Å². The quantitative estimate of drug-likeness (QED) is 0.120. The Morgan fingerprint density at radius 2 is 1.65 bits per heavy atom. The minimum Gasteiger partial charge on any atom is -0.497 e. The monoisotopic (exact) mass is 608 g/mol. The van der Waals surface area contributed by atoms with Gasteiger partial charge in [-0.3, -0.25) is 14.4 Å². The van der Waals surface area contributed by atoms with E-state index in [1.54, 1.807) is 73.8 Å². The van der Waals surface area contributed by atoms with Crippen molar-refractivity contribution in [1.29, 1.82) is 0 Å². The average Bonchev–Trinajstić information content (AvgIpc) is 3.42. The highest BCUT2D eigenvalue weighted by Gasteiger charge is 2.15. The van der Waals surface area contributed by atoms with Gasteiger partial charge in [-0.2, -0.15) is 0 Å². The minimum atomic E-state index is -0.481. The van der Waals surface area contributed by atoms with Crippen molar-refractivity contribution in [2.75, 3.05) is 23.5 Å². The van der Waals surface area contributed by atoms with Crippen LogP contribution < -0.4 is 20.7 Å². The Labute approximate surface area is 257 Å². The second-order valence-electron chi connectivity index (χ2n) is 9.46. The van der Waals surface area contributed by atoms with Gasteiger partial charge in [-0.15, -0.1) is 11.8 Å². The van der Waals surface area contributed by atoms with Gasteiger partial charge in [0.1, 0.15) is 11.4 Å². The number of anilines is 2. The molecule has 0 aliphatic heterocycles. The van der Waals surface area contributed by atoms with E-state index in [2.05, 4.69) is 20.9 Å². The first-order valence-corrected chi connectivity index (χ1v) is 15.1. The number of ether oxygens (including phenoxy) is 1. The number of methoxy groups -OCH3 is 1. The van der Waals surface area contributed by atoms with Gasteiger partial charge in [0.05, 0.1) is 23.1 Å². The largest absolute Gasteiger partial charge is 0.497 e. The molecule has 0 aliphatic rings. The van der Waals surface area contributed by atoms with Gasteiger partial charge in [-0.05, 0) is 84.8 Å². The van der Waals surface area contributed by atoms with Gasteiger partial charge in [-0.1, -0.05) is 47.7 Å². The second kappa shape index (κ2) is 13.8. The molecule has 10 heteroatoms. The molecular weight excluding hydrogens is 581 g/mol. The third-order valence-corrected chi connectivity index (χ3v) is 8.17. The summed E-state index contributed by atoms with van der Waals surface area (Å²) in [6, 6.07) is 28.9. The molecule has 216 valence electrons. The third kappa shape index (κ3) is 8.09. The highest BCUT2D eigenvalue weighted by atomic mass is 32.2. The maximum atomic E-state index is 13.3. The lowest BCUT2D eigenvalue weighted by atomic mass is 10.1. The van der Waals surface area contributed by atoms with Crippen molar-refractivity contribution < 1.29 is 19.1 Å². The number of benzene rings is 4. The summed E-state index contributed by atoms with van der Waals surface area (Å²) in [4.78, 5) is 44.0. The molecule has 1 heterocycles. The van der Waals surface area contributed by atoms with Crippen molar-refractivity contribution >= 4 is 67.9 Å². The van der Waals surface area contributed by atoms with Gasteiger partial charge in [0.25, 0.3) is 11.8 Å². The maximum Gasteiger partial charge on any atom is 0.272 e. The van der Waals surface area contributed by atoms with Crippen LogP contribution in [0.1, 0.15) is 21.5 Å². The number of nitrogens with one attached hydrogen (secondary N) is 3. The number of aromatic nitrogens is 1. The number of hydrogen-bond acceptors (Lipinski definition) is 7. The van der Waals surface area contributed by atoms with E-state index in [4.69, 9.17) is 4.74 Å². The molecule has 0 fully saturated rings. The lowest BCUT2D eigenvalue weighted by molar-refractivity contribution is -0.114. The summed E-state index contributed by atoms with van der Waals surface area (Å²) in [5.41, 5.74) is 3.77. The normalized spacial score (nSPS) is 11.2. The Bertz CT molecular complexity index is 1780. The first kappa shape index (κ1) is 29.6. The van der Waals surface area contributed by atoms with Crippen LogP contribution in [0, 0.1) is 6.92 Å². The molecule has 3 amide bonds. The molecule has 0 radical (unpaired) electrons. The number of carbonyl (C=O) groups excluding carboxylic acids is 3. The summed E-state index contributed by atoms with van der Waals surface area (Å²) in [5, 5.41) is 9.01. The first-order valence-electron chi connectivity index (χ1n) is 13.3. The highest BCUT2D eigenvalue weighted by Crippen LogP contribution is 2.27. The number of hydrogen-bond donors (Lipinski definition) is 3.